The molecular formula is C24H17ClN2O. The zero-order valence-corrected chi connectivity index (χ0v) is 15.8. The largest absolute Gasteiger partial charge is 0.300 e. The van der Waals surface area contributed by atoms with E-state index in [9.17, 15) is 10.1 Å². The number of halogens is 1. The van der Waals surface area contributed by atoms with E-state index in [0.29, 0.717) is 11.4 Å². The number of amides is 1. The van der Waals surface area contributed by atoms with Crippen molar-refractivity contribution >= 4 is 28.8 Å². The summed E-state index contributed by atoms with van der Waals surface area (Å²) in [6, 6.07) is 28.7. The van der Waals surface area contributed by atoms with Crippen molar-refractivity contribution in [1.29, 1.82) is 5.26 Å². The van der Waals surface area contributed by atoms with Gasteiger partial charge in [-0.05, 0) is 47.4 Å². The Balaban J connectivity index is 1.89. The number of nitrogens with zero attached hydrogens (tertiary/aromatic N) is 2. The van der Waals surface area contributed by atoms with Crippen molar-refractivity contribution in [3.05, 3.63) is 107 Å². The first-order chi connectivity index (χ1) is 13.7. The van der Waals surface area contributed by atoms with Gasteiger partial charge in [0.1, 0.15) is 11.6 Å². The van der Waals surface area contributed by atoms with Crippen LogP contribution in [0.5, 0.6) is 0 Å². The molecule has 0 bridgehead atoms. The van der Waals surface area contributed by atoms with Crippen molar-refractivity contribution in [3.8, 4) is 6.07 Å². The number of rotatable bonds is 3. The standard InChI is InChI=1S/C24H17ClN2O/c25-19-11-13-20(14-12-19)27-23(18-9-5-2-6-10-18)15-21(22(16-26)24(27)28)17-7-3-1-4-8-17/h1-14,23H,15H2/t23-/m1/s1. The van der Waals surface area contributed by atoms with Crippen LogP contribution < -0.4 is 4.90 Å². The van der Waals surface area contributed by atoms with Gasteiger partial charge in [0, 0.05) is 10.7 Å². The second-order valence-electron chi connectivity index (χ2n) is 6.61. The molecule has 1 aliphatic heterocycles. The zero-order chi connectivity index (χ0) is 19.5. The van der Waals surface area contributed by atoms with E-state index in [4.69, 9.17) is 11.6 Å². The number of hydrogen-bond donors (Lipinski definition) is 0. The summed E-state index contributed by atoms with van der Waals surface area (Å²) in [6.45, 7) is 0. The minimum Gasteiger partial charge on any atom is -0.300 e. The third kappa shape index (κ3) is 3.31. The maximum Gasteiger partial charge on any atom is 0.269 e. The lowest BCUT2D eigenvalue weighted by molar-refractivity contribution is -0.115. The predicted octanol–water partition coefficient (Wildman–Crippen LogP) is 5.80. The molecule has 0 N–H and O–H groups in total. The van der Waals surface area contributed by atoms with E-state index in [1.807, 2.05) is 72.8 Å². The monoisotopic (exact) mass is 384 g/mol. The first kappa shape index (κ1) is 18.0. The number of carbonyl (C=O) groups is 1. The van der Waals surface area contributed by atoms with Crippen molar-refractivity contribution in [2.75, 3.05) is 4.90 Å². The molecular weight excluding hydrogens is 368 g/mol. The van der Waals surface area contributed by atoms with E-state index < -0.39 is 0 Å². The minimum absolute atomic E-state index is 0.188. The molecule has 3 aromatic carbocycles. The lowest BCUT2D eigenvalue weighted by atomic mass is 9.85. The van der Waals surface area contributed by atoms with E-state index in [0.717, 1.165) is 22.4 Å². The van der Waals surface area contributed by atoms with Crippen molar-refractivity contribution in [3.63, 3.8) is 0 Å². The van der Waals surface area contributed by atoms with Crippen LogP contribution in [0.15, 0.2) is 90.5 Å². The number of nitriles is 1. The highest BCUT2D eigenvalue weighted by Gasteiger charge is 2.36. The number of carbonyl (C=O) groups excluding carboxylic acids is 1. The van der Waals surface area contributed by atoms with Gasteiger partial charge in [0.05, 0.1) is 6.04 Å². The fourth-order valence-electron chi connectivity index (χ4n) is 3.64. The van der Waals surface area contributed by atoms with Gasteiger partial charge in [0.15, 0.2) is 0 Å². The maximum atomic E-state index is 13.4. The SMILES string of the molecule is N#CC1=C(c2ccccc2)C[C@H](c2ccccc2)N(c2ccc(Cl)cc2)C1=O. The Kier molecular flexibility index (Phi) is 4.97. The van der Waals surface area contributed by atoms with E-state index in [1.54, 1.807) is 17.0 Å². The zero-order valence-electron chi connectivity index (χ0n) is 15.0. The summed E-state index contributed by atoms with van der Waals surface area (Å²) in [5.74, 6) is -0.288. The fraction of sp³-hybridized carbons (Fsp3) is 0.0833. The quantitative estimate of drug-likeness (QED) is 0.573. The Morgan fingerprint density at radius 1 is 0.893 bits per heavy atom. The van der Waals surface area contributed by atoms with E-state index in [-0.39, 0.29) is 17.5 Å². The molecule has 0 aliphatic carbocycles. The molecule has 4 heteroatoms. The molecule has 1 aliphatic rings. The average Bonchev–Trinajstić information content (AvgIpc) is 2.75. The molecule has 1 atom stereocenters. The highest BCUT2D eigenvalue weighted by molar-refractivity contribution is 6.30. The average molecular weight is 385 g/mol. The Morgan fingerprint density at radius 3 is 2.11 bits per heavy atom. The van der Waals surface area contributed by atoms with Gasteiger partial charge in [0.25, 0.3) is 5.91 Å². The molecule has 1 heterocycles. The van der Waals surface area contributed by atoms with Crippen LogP contribution >= 0.6 is 11.6 Å². The molecule has 0 saturated heterocycles. The van der Waals surface area contributed by atoms with E-state index in [1.165, 1.54) is 0 Å². The molecule has 4 rings (SSSR count). The first-order valence-corrected chi connectivity index (χ1v) is 9.39. The molecule has 0 spiro atoms. The lowest BCUT2D eigenvalue weighted by Crippen LogP contribution is -2.39. The summed E-state index contributed by atoms with van der Waals surface area (Å²) in [4.78, 5) is 15.1. The summed E-state index contributed by atoms with van der Waals surface area (Å²) in [5.41, 5.74) is 3.63. The highest BCUT2D eigenvalue weighted by Crippen LogP contribution is 2.41. The highest BCUT2D eigenvalue weighted by atomic mass is 35.5. The second-order valence-corrected chi connectivity index (χ2v) is 7.05. The lowest BCUT2D eigenvalue weighted by Gasteiger charge is -2.37. The summed E-state index contributed by atoms with van der Waals surface area (Å²) >= 11 is 6.03. The summed E-state index contributed by atoms with van der Waals surface area (Å²) in [7, 11) is 0. The van der Waals surface area contributed by atoms with Gasteiger partial charge in [-0.2, -0.15) is 5.26 Å². The van der Waals surface area contributed by atoms with Gasteiger partial charge in [-0.25, -0.2) is 0 Å². The molecule has 0 fully saturated rings. The first-order valence-electron chi connectivity index (χ1n) is 9.02. The number of hydrogen-bond acceptors (Lipinski definition) is 2. The van der Waals surface area contributed by atoms with Crippen LogP contribution in [0.25, 0.3) is 5.57 Å². The van der Waals surface area contributed by atoms with Crippen LogP contribution in [0.1, 0.15) is 23.6 Å². The molecule has 3 aromatic rings. The van der Waals surface area contributed by atoms with Gasteiger partial charge in [-0.1, -0.05) is 72.3 Å². The third-order valence-corrected chi connectivity index (χ3v) is 5.22. The van der Waals surface area contributed by atoms with Gasteiger partial charge in [-0.3, -0.25) is 9.69 Å². The van der Waals surface area contributed by atoms with Gasteiger partial charge in [-0.15, -0.1) is 0 Å². The second kappa shape index (κ2) is 7.72. The van der Waals surface area contributed by atoms with Crippen molar-refractivity contribution < 1.29 is 4.79 Å². The topological polar surface area (TPSA) is 44.1 Å². The predicted molar refractivity (Wildman–Crippen MR) is 112 cm³/mol. The van der Waals surface area contributed by atoms with Crippen molar-refractivity contribution in [2.24, 2.45) is 0 Å². The molecule has 0 unspecified atom stereocenters. The van der Waals surface area contributed by atoms with E-state index >= 15 is 0 Å². The normalized spacial score (nSPS) is 16.8. The molecule has 0 saturated carbocycles. The summed E-state index contributed by atoms with van der Waals surface area (Å²) < 4.78 is 0. The Bertz CT molecular complexity index is 1070. The molecule has 0 aromatic heterocycles. The maximum absolute atomic E-state index is 13.4. The minimum atomic E-state index is -0.288. The molecule has 3 nitrogen and oxygen atoms in total. The van der Waals surface area contributed by atoms with Crippen LogP contribution in [0.2, 0.25) is 5.02 Å². The summed E-state index contributed by atoms with van der Waals surface area (Å²) in [5, 5.41) is 10.4. The van der Waals surface area contributed by atoms with Crippen LogP contribution in [-0.2, 0) is 4.79 Å². The Morgan fingerprint density at radius 2 is 1.50 bits per heavy atom. The van der Waals surface area contributed by atoms with Crippen molar-refractivity contribution in [1.82, 2.24) is 0 Å². The van der Waals surface area contributed by atoms with Crippen LogP contribution in [0.3, 0.4) is 0 Å². The summed E-state index contributed by atoms with van der Waals surface area (Å²) in [6.07, 6.45) is 0.561. The molecule has 0 radical (unpaired) electrons. The van der Waals surface area contributed by atoms with Crippen LogP contribution in [-0.4, -0.2) is 5.91 Å². The fourth-order valence-corrected chi connectivity index (χ4v) is 3.76. The van der Waals surface area contributed by atoms with Gasteiger partial charge >= 0.3 is 0 Å². The Hall–Kier alpha value is -3.35. The molecule has 136 valence electrons. The van der Waals surface area contributed by atoms with Gasteiger partial charge in [0.2, 0.25) is 0 Å². The van der Waals surface area contributed by atoms with E-state index in [2.05, 4.69) is 6.07 Å². The van der Waals surface area contributed by atoms with Crippen molar-refractivity contribution in [2.45, 2.75) is 12.5 Å². The van der Waals surface area contributed by atoms with Gasteiger partial charge < -0.3 is 0 Å². The Labute approximate surface area is 169 Å². The molecule has 1 amide bonds. The number of anilines is 1. The third-order valence-electron chi connectivity index (χ3n) is 4.97. The molecule has 28 heavy (non-hydrogen) atoms. The number of benzene rings is 3. The van der Waals surface area contributed by atoms with Crippen LogP contribution in [0, 0.1) is 11.3 Å². The smallest absolute Gasteiger partial charge is 0.269 e. The van der Waals surface area contributed by atoms with Crippen LogP contribution in [0.4, 0.5) is 5.69 Å².